The number of aromatic nitrogens is 4. The number of hydrogen-bond donors (Lipinski definition) is 4. The normalized spacial score (nSPS) is 33.5. The molecule has 5 N–H and O–H groups in total. The zero-order valence-corrected chi connectivity index (χ0v) is 19.5. The van der Waals surface area contributed by atoms with E-state index in [4.69, 9.17) is 29.0 Å². The minimum Gasteiger partial charge on any atom is -0.462 e. The second-order valence-corrected chi connectivity index (χ2v) is 10.1. The Kier molecular flexibility index (Phi) is 6.55. The Morgan fingerprint density at radius 1 is 1.36 bits per heavy atom. The molecule has 0 saturated carbocycles. The summed E-state index contributed by atoms with van der Waals surface area (Å²) in [4.78, 5) is 35.2. The van der Waals surface area contributed by atoms with Gasteiger partial charge in [-0.3, -0.25) is 13.9 Å². The number of nitrogens with two attached hydrogens (primary N) is 1. The van der Waals surface area contributed by atoms with Crippen molar-refractivity contribution >= 4 is 31.0 Å². The number of nitrogen functional groups attached to an aromatic ring is 1. The predicted octanol–water partition coefficient (Wildman–Crippen LogP) is 0.0460. The molecule has 6 atom stereocenters. The maximum absolute atomic E-state index is 12.1. The highest BCUT2D eigenvalue weighted by molar-refractivity contribution is 7.58. The van der Waals surface area contributed by atoms with Gasteiger partial charge < -0.3 is 34.5 Å². The molecule has 2 aromatic heterocycles. The lowest BCUT2D eigenvalue weighted by Gasteiger charge is -2.36. The molecule has 2 aliphatic rings. The number of rotatable bonds is 5. The summed E-state index contributed by atoms with van der Waals surface area (Å²) in [6.07, 6.45) is -0.180. The summed E-state index contributed by atoms with van der Waals surface area (Å²) in [6.45, 7) is 5.89. The number of hydrogen-bond acceptors (Lipinski definition) is 13. The zero-order chi connectivity index (χ0) is 24.0. The fourth-order valence-electron chi connectivity index (χ4n) is 3.78. The molecule has 4 heterocycles. The Morgan fingerprint density at radius 2 is 2.12 bits per heavy atom. The lowest BCUT2D eigenvalue weighted by molar-refractivity contribution is -0.151. The van der Waals surface area contributed by atoms with Crippen molar-refractivity contribution in [3.63, 3.8) is 0 Å². The van der Waals surface area contributed by atoms with Crippen molar-refractivity contribution in [2.45, 2.75) is 63.9 Å². The summed E-state index contributed by atoms with van der Waals surface area (Å²) in [5.74, 6) is -0.374. The van der Waals surface area contributed by atoms with Crippen molar-refractivity contribution in [2.24, 2.45) is 0 Å². The molecule has 183 valence electrons. The summed E-state index contributed by atoms with van der Waals surface area (Å²) in [7, 11) is -3.70. The van der Waals surface area contributed by atoms with Crippen LogP contribution in [-0.4, -0.2) is 78.8 Å². The topological polar surface area (TPSA) is 185 Å². The molecule has 15 heteroatoms. The van der Waals surface area contributed by atoms with Gasteiger partial charge in [-0.05, 0) is 27.7 Å². The lowest BCUT2D eigenvalue weighted by Crippen LogP contribution is -2.48. The van der Waals surface area contributed by atoms with Crippen molar-refractivity contribution in [1.82, 2.24) is 24.6 Å². The van der Waals surface area contributed by atoms with E-state index in [2.05, 4.69) is 20.0 Å². The van der Waals surface area contributed by atoms with Crippen molar-refractivity contribution in [3.05, 3.63) is 12.7 Å². The van der Waals surface area contributed by atoms with Gasteiger partial charge in [-0.15, -0.1) is 0 Å². The Bertz CT molecular complexity index is 1020. The molecule has 2 aromatic rings. The molecule has 0 amide bonds. The van der Waals surface area contributed by atoms with E-state index in [1.165, 1.54) is 24.1 Å². The predicted molar refractivity (Wildman–Crippen MR) is 114 cm³/mol. The SMILES string of the molecule is CC(C)OC(=O)C(C)N[P]1(O)OCO[C@@H]2[C@@H](CO1)O[C@@H](n1cnc3c(N)ncnc31)[C@]2(C)O. The van der Waals surface area contributed by atoms with Gasteiger partial charge in [0.05, 0.1) is 19.0 Å². The molecule has 2 saturated heterocycles. The lowest BCUT2D eigenvalue weighted by atomic mass is 9.96. The van der Waals surface area contributed by atoms with E-state index in [9.17, 15) is 14.8 Å². The first-order valence-electron chi connectivity index (χ1n) is 10.3. The van der Waals surface area contributed by atoms with E-state index in [-0.39, 0.29) is 18.5 Å². The van der Waals surface area contributed by atoms with Crippen LogP contribution < -0.4 is 10.8 Å². The van der Waals surface area contributed by atoms with Crippen molar-refractivity contribution in [1.29, 1.82) is 0 Å². The van der Waals surface area contributed by atoms with Crippen molar-refractivity contribution in [2.75, 3.05) is 19.1 Å². The average Bonchev–Trinajstić information content (AvgIpc) is 3.24. The monoisotopic (exact) mass is 487 g/mol. The minimum atomic E-state index is -3.70. The van der Waals surface area contributed by atoms with Gasteiger partial charge in [0, 0.05) is 0 Å². The number of anilines is 1. The van der Waals surface area contributed by atoms with E-state index >= 15 is 0 Å². The molecule has 0 bridgehead atoms. The van der Waals surface area contributed by atoms with Gasteiger partial charge in [-0.1, -0.05) is 0 Å². The highest BCUT2D eigenvalue weighted by atomic mass is 31.2. The number of nitrogens with zero attached hydrogens (tertiary/aromatic N) is 4. The first-order valence-corrected chi connectivity index (χ1v) is 11.9. The quantitative estimate of drug-likeness (QED) is 0.328. The number of esters is 1. The number of imidazole rings is 1. The van der Waals surface area contributed by atoms with Gasteiger partial charge in [0.1, 0.15) is 35.7 Å². The van der Waals surface area contributed by atoms with Gasteiger partial charge in [0.15, 0.2) is 24.5 Å². The highest BCUT2D eigenvalue weighted by Crippen LogP contribution is 2.55. The third kappa shape index (κ3) is 4.66. The maximum atomic E-state index is 12.1. The van der Waals surface area contributed by atoms with Crippen LogP contribution in [0.5, 0.6) is 0 Å². The molecule has 0 aromatic carbocycles. The summed E-state index contributed by atoms with van der Waals surface area (Å²) >= 11 is 0. The van der Waals surface area contributed by atoms with Crippen molar-refractivity contribution < 1.29 is 38.1 Å². The van der Waals surface area contributed by atoms with Crippen LogP contribution in [0.1, 0.15) is 33.9 Å². The first kappa shape index (κ1) is 24.1. The van der Waals surface area contributed by atoms with Crippen LogP contribution in [0.25, 0.3) is 11.2 Å². The van der Waals surface area contributed by atoms with E-state index < -0.39 is 50.9 Å². The third-order valence-electron chi connectivity index (χ3n) is 5.31. The Morgan fingerprint density at radius 3 is 2.85 bits per heavy atom. The molecule has 1 radical (unpaired) electrons. The first-order chi connectivity index (χ1) is 15.5. The molecule has 0 spiro atoms. The maximum Gasteiger partial charge on any atom is 0.323 e. The molecule has 2 unspecified atom stereocenters. The minimum absolute atomic E-state index is 0.190. The van der Waals surface area contributed by atoms with Crippen LogP contribution in [0.3, 0.4) is 0 Å². The largest absolute Gasteiger partial charge is 0.462 e. The van der Waals surface area contributed by atoms with Crippen LogP contribution in [-0.2, 0) is 28.1 Å². The molecule has 33 heavy (non-hydrogen) atoms. The van der Waals surface area contributed by atoms with Crippen LogP contribution >= 0.6 is 8.09 Å². The average molecular weight is 487 g/mol. The molecule has 2 fully saturated rings. The summed E-state index contributed by atoms with van der Waals surface area (Å²) in [5.41, 5.74) is 5.06. The van der Waals surface area contributed by atoms with Gasteiger partial charge >= 0.3 is 14.1 Å². The van der Waals surface area contributed by atoms with E-state index in [0.717, 1.165) is 0 Å². The van der Waals surface area contributed by atoms with Crippen LogP contribution in [0, 0.1) is 0 Å². The van der Waals surface area contributed by atoms with Gasteiger partial charge in [-0.2, -0.15) is 0 Å². The zero-order valence-electron chi connectivity index (χ0n) is 18.6. The smallest absolute Gasteiger partial charge is 0.323 e. The second kappa shape index (κ2) is 8.96. The summed E-state index contributed by atoms with van der Waals surface area (Å²) in [5, 5.41) is 13.9. The fraction of sp³-hybridized carbons (Fsp3) is 0.667. The second-order valence-electron chi connectivity index (χ2n) is 8.32. The van der Waals surface area contributed by atoms with E-state index in [1.54, 1.807) is 20.8 Å². The van der Waals surface area contributed by atoms with Crippen LogP contribution in [0.15, 0.2) is 12.7 Å². The molecular formula is C18H28N6O8P. The summed E-state index contributed by atoms with van der Waals surface area (Å²) in [6, 6.07) is -0.899. The number of ether oxygens (including phenoxy) is 3. The fourth-order valence-corrected chi connectivity index (χ4v) is 5.15. The van der Waals surface area contributed by atoms with Gasteiger partial charge in [0.25, 0.3) is 0 Å². The molecule has 2 aliphatic heterocycles. The van der Waals surface area contributed by atoms with Gasteiger partial charge in [0.2, 0.25) is 0 Å². The van der Waals surface area contributed by atoms with E-state index in [1.807, 2.05) is 0 Å². The van der Waals surface area contributed by atoms with Crippen LogP contribution in [0.4, 0.5) is 5.82 Å². The van der Waals surface area contributed by atoms with Gasteiger partial charge in [-0.25, -0.2) is 20.0 Å². The Labute approximate surface area is 190 Å². The number of fused-ring (bicyclic) bond motifs is 2. The molecule has 14 nitrogen and oxygen atoms in total. The number of carbonyl (C=O) groups is 1. The van der Waals surface area contributed by atoms with E-state index in [0.29, 0.717) is 11.2 Å². The third-order valence-corrected chi connectivity index (χ3v) is 6.98. The summed E-state index contributed by atoms with van der Waals surface area (Å²) < 4.78 is 29.5. The van der Waals surface area contributed by atoms with Crippen molar-refractivity contribution in [3.8, 4) is 0 Å². The molecule has 4 rings (SSSR count). The number of aliphatic hydroxyl groups is 1. The molecular weight excluding hydrogens is 459 g/mol. The molecule has 0 aliphatic carbocycles. The highest BCUT2D eigenvalue weighted by Gasteiger charge is 2.56. The number of nitrogens with one attached hydrogen (secondary N) is 1. The van der Waals surface area contributed by atoms with Crippen LogP contribution in [0.2, 0.25) is 0 Å². The standard InChI is InChI=1S/C18H28N6O8P/c1-9(2)31-16(25)10(3)23-33(27)29-5-11-13(28-8-30-33)18(4,26)17(32-11)24-7-22-12-14(19)20-6-21-15(12)24/h6-7,9-11,13,17,23,26-27H,5,8H2,1-4H3,(H2,19,20,21)/t10?,11-,13-,17-,18-/m1/s1. The Balaban J connectivity index is 1.51. The Hall–Kier alpha value is -2.03. The number of carbonyl (C=O) groups excluding carboxylic acids is 1.